The van der Waals surface area contributed by atoms with E-state index in [0.29, 0.717) is 0 Å². The number of benzene rings is 2. The van der Waals surface area contributed by atoms with Gasteiger partial charge in [0.25, 0.3) is 5.91 Å². The van der Waals surface area contributed by atoms with E-state index in [-0.39, 0.29) is 18.6 Å². The molecule has 1 fully saturated rings. The lowest BCUT2D eigenvalue weighted by Crippen LogP contribution is -2.36. The number of carbonyl (C=O) groups excluding carboxylic acids is 1. The first kappa shape index (κ1) is 21.2. The molecular formula is C24H25N3O3S2. The van der Waals surface area contributed by atoms with Crippen molar-refractivity contribution < 1.29 is 14.3 Å². The van der Waals surface area contributed by atoms with Gasteiger partial charge in [0.05, 0.1) is 39.2 Å². The Balaban J connectivity index is 1.22. The summed E-state index contributed by atoms with van der Waals surface area (Å²) in [7, 11) is 0. The van der Waals surface area contributed by atoms with E-state index in [0.717, 1.165) is 62.9 Å². The fourth-order valence-electron chi connectivity index (χ4n) is 4.01. The standard InChI is InChI=1S/C24H25N3O3S2/c1-15(17-3-5-18(6-4-17)27-8-10-29-11-9-27)25-22(28)14-30-20-13-21-23(26-16(2)32-21)24-19(20)7-12-31-24/h3-7,12-13,15H,8-11,14H2,1-2H3,(H,25,28). The highest BCUT2D eigenvalue weighted by molar-refractivity contribution is 7.21. The Morgan fingerprint density at radius 2 is 2.03 bits per heavy atom. The maximum atomic E-state index is 12.6. The third-order valence-corrected chi connectivity index (χ3v) is 7.51. The molecule has 1 unspecified atom stereocenters. The fraction of sp³-hybridized carbons (Fsp3) is 0.333. The van der Waals surface area contributed by atoms with Crippen LogP contribution in [0.4, 0.5) is 5.69 Å². The predicted octanol–water partition coefficient (Wildman–Crippen LogP) is 4.91. The molecule has 2 aromatic carbocycles. The summed E-state index contributed by atoms with van der Waals surface area (Å²) in [6, 6.07) is 12.3. The van der Waals surface area contributed by atoms with Gasteiger partial charge >= 0.3 is 0 Å². The Kier molecular flexibility index (Phi) is 5.99. The quantitative estimate of drug-likeness (QED) is 0.436. The minimum Gasteiger partial charge on any atom is -0.483 e. The second kappa shape index (κ2) is 9.05. The van der Waals surface area contributed by atoms with Crippen molar-refractivity contribution in [2.24, 2.45) is 0 Å². The van der Waals surface area contributed by atoms with Gasteiger partial charge in [-0.15, -0.1) is 22.7 Å². The van der Waals surface area contributed by atoms with Crippen LogP contribution in [0.3, 0.4) is 0 Å². The SMILES string of the molecule is Cc1nc2c(cc(OCC(=O)NC(C)c3ccc(N4CCOCC4)cc3)c3ccsc32)s1. The maximum absolute atomic E-state index is 12.6. The van der Waals surface area contributed by atoms with Gasteiger partial charge in [0.15, 0.2) is 6.61 Å². The largest absolute Gasteiger partial charge is 0.483 e. The molecule has 1 atom stereocenters. The van der Waals surface area contributed by atoms with Gasteiger partial charge in [0.1, 0.15) is 5.75 Å². The molecule has 166 valence electrons. The number of rotatable bonds is 6. The zero-order chi connectivity index (χ0) is 22.1. The van der Waals surface area contributed by atoms with Gasteiger partial charge in [-0.05, 0) is 43.0 Å². The molecule has 0 aliphatic carbocycles. The number of ether oxygens (including phenoxy) is 2. The van der Waals surface area contributed by atoms with Crippen molar-refractivity contribution in [3.8, 4) is 5.75 Å². The van der Waals surface area contributed by atoms with E-state index in [9.17, 15) is 4.79 Å². The summed E-state index contributed by atoms with van der Waals surface area (Å²) in [5.74, 6) is 0.591. The van der Waals surface area contributed by atoms with Crippen LogP contribution < -0.4 is 15.0 Å². The number of fused-ring (bicyclic) bond motifs is 3. The summed E-state index contributed by atoms with van der Waals surface area (Å²) < 4.78 is 13.6. The number of aromatic nitrogens is 1. The van der Waals surface area contributed by atoms with Crippen LogP contribution >= 0.6 is 22.7 Å². The number of aryl methyl sites for hydroxylation is 1. The van der Waals surface area contributed by atoms with Crippen LogP contribution in [0.25, 0.3) is 20.3 Å². The molecule has 5 rings (SSSR count). The second-order valence-corrected chi connectivity index (χ2v) is 10.0. The van der Waals surface area contributed by atoms with E-state index < -0.39 is 0 Å². The second-order valence-electron chi connectivity index (χ2n) is 7.89. The summed E-state index contributed by atoms with van der Waals surface area (Å²) in [4.78, 5) is 19.6. The van der Waals surface area contributed by atoms with Gasteiger partial charge in [-0.1, -0.05) is 12.1 Å². The van der Waals surface area contributed by atoms with Crippen LogP contribution in [0.2, 0.25) is 0 Å². The number of anilines is 1. The van der Waals surface area contributed by atoms with Gasteiger partial charge in [-0.2, -0.15) is 0 Å². The van der Waals surface area contributed by atoms with Gasteiger partial charge < -0.3 is 19.7 Å². The number of nitrogens with zero attached hydrogens (tertiary/aromatic N) is 2. The van der Waals surface area contributed by atoms with Crippen LogP contribution in [-0.4, -0.2) is 43.8 Å². The lowest BCUT2D eigenvalue weighted by Gasteiger charge is -2.29. The van der Waals surface area contributed by atoms with Crippen molar-refractivity contribution >= 4 is 54.6 Å². The van der Waals surface area contributed by atoms with Crippen molar-refractivity contribution in [1.82, 2.24) is 10.3 Å². The summed E-state index contributed by atoms with van der Waals surface area (Å²) in [6.07, 6.45) is 0. The number of thiophene rings is 1. The van der Waals surface area contributed by atoms with Crippen molar-refractivity contribution in [3.63, 3.8) is 0 Å². The molecule has 1 amide bonds. The number of hydrogen-bond acceptors (Lipinski definition) is 7. The van der Waals surface area contributed by atoms with Crippen LogP contribution in [0.15, 0.2) is 41.8 Å². The van der Waals surface area contributed by atoms with Crippen LogP contribution in [0.5, 0.6) is 5.75 Å². The van der Waals surface area contributed by atoms with E-state index in [2.05, 4.69) is 39.5 Å². The Morgan fingerprint density at radius 3 is 2.81 bits per heavy atom. The first-order chi connectivity index (χ1) is 15.6. The van der Waals surface area contributed by atoms with Gasteiger partial charge in [-0.3, -0.25) is 4.79 Å². The van der Waals surface area contributed by atoms with Crippen LogP contribution in [0.1, 0.15) is 23.5 Å². The van der Waals surface area contributed by atoms with Crippen molar-refractivity contribution in [2.45, 2.75) is 19.9 Å². The zero-order valence-corrected chi connectivity index (χ0v) is 19.7. The van der Waals surface area contributed by atoms with E-state index >= 15 is 0 Å². The number of nitrogens with one attached hydrogen (secondary N) is 1. The van der Waals surface area contributed by atoms with Crippen LogP contribution in [-0.2, 0) is 9.53 Å². The van der Waals surface area contributed by atoms with Crippen molar-refractivity contribution in [3.05, 3.63) is 52.3 Å². The molecule has 3 heterocycles. The van der Waals surface area contributed by atoms with Crippen molar-refractivity contribution in [2.75, 3.05) is 37.8 Å². The lowest BCUT2D eigenvalue weighted by molar-refractivity contribution is -0.123. The van der Waals surface area contributed by atoms with E-state index in [1.807, 2.05) is 31.4 Å². The molecule has 1 N–H and O–H groups in total. The highest BCUT2D eigenvalue weighted by atomic mass is 32.1. The Labute approximate surface area is 194 Å². The lowest BCUT2D eigenvalue weighted by atomic mass is 10.1. The Bertz CT molecular complexity index is 1240. The molecule has 2 aromatic heterocycles. The molecular weight excluding hydrogens is 442 g/mol. The maximum Gasteiger partial charge on any atom is 0.258 e. The molecule has 0 spiro atoms. The van der Waals surface area contributed by atoms with Gasteiger partial charge in [0.2, 0.25) is 0 Å². The number of carbonyl (C=O) groups is 1. The Morgan fingerprint density at radius 1 is 1.25 bits per heavy atom. The Hall–Kier alpha value is -2.68. The smallest absolute Gasteiger partial charge is 0.258 e. The average molecular weight is 468 g/mol. The monoisotopic (exact) mass is 467 g/mol. The zero-order valence-electron chi connectivity index (χ0n) is 18.1. The molecule has 4 aromatic rings. The highest BCUT2D eigenvalue weighted by Gasteiger charge is 2.16. The topological polar surface area (TPSA) is 63.7 Å². The normalized spacial score (nSPS) is 15.2. The molecule has 1 aliphatic heterocycles. The third-order valence-electron chi connectivity index (χ3n) is 5.67. The van der Waals surface area contributed by atoms with Crippen molar-refractivity contribution in [1.29, 1.82) is 0 Å². The number of hydrogen-bond donors (Lipinski definition) is 1. The fourth-order valence-corrected chi connectivity index (χ4v) is 5.84. The highest BCUT2D eigenvalue weighted by Crippen LogP contribution is 2.38. The minimum atomic E-state index is -0.140. The summed E-state index contributed by atoms with van der Waals surface area (Å²) in [5.41, 5.74) is 3.27. The molecule has 0 saturated carbocycles. The summed E-state index contributed by atoms with van der Waals surface area (Å²) in [5, 5.41) is 7.11. The molecule has 8 heteroatoms. The number of morpholine rings is 1. The first-order valence-corrected chi connectivity index (χ1v) is 12.4. The summed E-state index contributed by atoms with van der Waals surface area (Å²) in [6.45, 7) is 7.33. The van der Waals surface area contributed by atoms with Gasteiger partial charge in [0, 0.05) is 30.2 Å². The molecule has 1 aliphatic rings. The molecule has 0 radical (unpaired) electrons. The van der Waals surface area contributed by atoms with E-state index in [1.165, 1.54) is 5.69 Å². The van der Waals surface area contributed by atoms with Crippen LogP contribution in [0, 0.1) is 6.92 Å². The minimum absolute atomic E-state index is 0.0234. The van der Waals surface area contributed by atoms with Gasteiger partial charge in [-0.25, -0.2) is 4.98 Å². The third kappa shape index (κ3) is 4.30. The number of amides is 1. The molecule has 32 heavy (non-hydrogen) atoms. The number of thiazole rings is 1. The summed E-state index contributed by atoms with van der Waals surface area (Å²) >= 11 is 3.29. The average Bonchev–Trinajstić information content (AvgIpc) is 3.44. The molecule has 0 bridgehead atoms. The predicted molar refractivity (Wildman–Crippen MR) is 131 cm³/mol. The van der Waals surface area contributed by atoms with E-state index in [1.54, 1.807) is 22.7 Å². The van der Waals surface area contributed by atoms with E-state index in [4.69, 9.17) is 9.47 Å². The molecule has 1 saturated heterocycles. The molecule has 6 nitrogen and oxygen atoms in total. The first-order valence-electron chi connectivity index (χ1n) is 10.7.